The van der Waals surface area contributed by atoms with Crippen molar-refractivity contribution in [2.24, 2.45) is 17.3 Å². The maximum atomic E-state index is 13.5. The SMILES string of the molecule is CCC(C(=O)N1CCN(CCN(CC2=CCC3CC2C3(C)C)C(=O)Nc2ccc(C(F)(F)F)cc2)CC1)c1ccccc1. The van der Waals surface area contributed by atoms with Gasteiger partial charge in [0.15, 0.2) is 0 Å². The molecule has 1 heterocycles. The first-order valence-electron chi connectivity index (χ1n) is 15.5. The van der Waals surface area contributed by atoms with Gasteiger partial charge in [0.05, 0.1) is 11.5 Å². The molecule has 3 atom stereocenters. The van der Waals surface area contributed by atoms with Gasteiger partial charge in [-0.1, -0.05) is 62.8 Å². The largest absolute Gasteiger partial charge is 0.416 e. The van der Waals surface area contributed by atoms with Crippen LogP contribution in [0.1, 0.15) is 57.1 Å². The number of amides is 3. The standard InChI is InChI=1S/C34H43F3N4O2/c1-4-29(24-8-6-5-7-9-24)31(42)40-19-16-39(17-20-40)18-21-41(23-25-10-11-27-22-30(25)33(27,2)3)32(43)38-28-14-12-26(13-15-28)34(35,36)37/h5-10,12-15,27,29-30H,4,11,16-23H2,1-3H3,(H,38,43). The van der Waals surface area contributed by atoms with Gasteiger partial charge in [-0.3, -0.25) is 9.69 Å². The van der Waals surface area contributed by atoms with Gasteiger partial charge >= 0.3 is 12.2 Å². The zero-order valence-electron chi connectivity index (χ0n) is 25.4. The average molecular weight is 597 g/mol. The average Bonchev–Trinajstić information content (AvgIpc) is 3.00. The number of benzene rings is 2. The Bertz CT molecular complexity index is 1300. The summed E-state index contributed by atoms with van der Waals surface area (Å²) in [6, 6.07) is 14.2. The molecule has 0 spiro atoms. The van der Waals surface area contributed by atoms with Crippen LogP contribution < -0.4 is 5.32 Å². The number of carbonyl (C=O) groups is 2. The molecule has 232 valence electrons. The number of rotatable bonds is 9. The highest BCUT2D eigenvalue weighted by atomic mass is 19.4. The number of fused-ring (bicyclic) bond motifs is 1. The fourth-order valence-electron chi connectivity index (χ4n) is 6.99. The number of halogens is 3. The maximum absolute atomic E-state index is 13.5. The topological polar surface area (TPSA) is 55.9 Å². The van der Waals surface area contributed by atoms with Crippen LogP contribution >= 0.6 is 0 Å². The summed E-state index contributed by atoms with van der Waals surface area (Å²) < 4.78 is 39.1. The molecule has 9 heteroatoms. The third-order valence-corrected chi connectivity index (χ3v) is 9.99. The van der Waals surface area contributed by atoms with Crippen molar-refractivity contribution in [3.8, 4) is 0 Å². The number of hydrogen-bond acceptors (Lipinski definition) is 3. The Balaban J connectivity index is 1.20. The van der Waals surface area contributed by atoms with E-state index in [4.69, 9.17) is 0 Å². The number of alkyl halides is 3. The zero-order valence-corrected chi connectivity index (χ0v) is 25.4. The number of piperazine rings is 1. The normalized spacial score (nSPS) is 22.3. The van der Waals surface area contributed by atoms with E-state index in [1.165, 1.54) is 17.7 Å². The number of nitrogens with one attached hydrogen (secondary N) is 1. The Hall–Kier alpha value is -3.33. The molecular weight excluding hydrogens is 553 g/mol. The molecule has 1 aliphatic heterocycles. The van der Waals surface area contributed by atoms with Gasteiger partial charge in [0.25, 0.3) is 0 Å². The van der Waals surface area contributed by atoms with Crippen LogP contribution in [0.4, 0.5) is 23.7 Å². The smallest absolute Gasteiger partial charge is 0.340 e. The highest BCUT2D eigenvalue weighted by Crippen LogP contribution is 2.59. The second-order valence-electron chi connectivity index (χ2n) is 12.8. The van der Waals surface area contributed by atoms with Crippen molar-refractivity contribution in [3.05, 3.63) is 77.4 Å². The number of allylic oxidation sites excluding steroid dienone is 1. The van der Waals surface area contributed by atoms with Crippen molar-refractivity contribution in [2.75, 3.05) is 51.1 Å². The predicted octanol–water partition coefficient (Wildman–Crippen LogP) is 6.87. The lowest BCUT2D eigenvalue weighted by Crippen LogP contribution is -2.53. The van der Waals surface area contributed by atoms with Gasteiger partial charge in [-0.2, -0.15) is 13.2 Å². The van der Waals surface area contributed by atoms with Gasteiger partial charge in [-0.25, -0.2) is 4.79 Å². The van der Waals surface area contributed by atoms with Crippen LogP contribution in [0.2, 0.25) is 0 Å². The quantitative estimate of drug-likeness (QED) is 0.322. The Morgan fingerprint density at radius 3 is 2.28 bits per heavy atom. The molecular formula is C34H43F3N4O2. The summed E-state index contributed by atoms with van der Waals surface area (Å²) in [7, 11) is 0. The van der Waals surface area contributed by atoms with Gasteiger partial charge in [-0.05, 0) is 66.3 Å². The first-order chi connectivity index (χ1) is 20.5. The molecule has 0 radical (unpaired) electrons. The number of nitrogens with zero attached hydrogens (tertiary/aromatic N) is 3. The summed E-state index contributed by atoms with van der Waals surface area (Å²) in [5, 5.41) is 2.82. The van der Waals surface area contributed by atoms with E-state index in [2.05, 4.69) is 30.1 Å². The number of carbonyl (C=O) groups excluding carboxylic acids is 2. The number of anilines is 1. The van der Waals surface area contributed by atoms with Gasteiger partial charge in [0.1, 0.15) is 0 Å². The van der Waals surface area contributed by atoms with Crippen LogP contribution in [0.15, 0.2) is 66.2 Å². The Morgan fingerprint density at radius 2 is 1.70 bits per heavy atom. The Morgan fingerprint density at radius 1 is 1.02 bits per heavy atom. The summed E-state index contributed by atoms with van der Waals surface area (Å²) in [6.45, 7) is 11.0. The molecule has 3 aliphatic carbocycles. The zero-order chi connectivity index (χ0) is 30.8. The van der Waals surface area contributed by atoms with Crippen LogP contribution in [0.3, 0.4) is 0 Å². The molecule has 43 heavy (non-hydrogen) atoms. The van der Waals surface area contributed by atoms with Gasteiger partial charge in [0, 0.05) is 51.5 Å². The van der Waals surface area contributed by atoms with Crippen molar-refractivity contribution < 1.29 is 22.8 Å². The van der Waals surface area contributed by atoms with E-state index in [9.17, 15) is 22.8 Å². The summed E-state index contributed by atoms with van der Waals surface area (Å²) in [5.41, 5.74) is 2.13. The van der Waals surface area contributed by atoms with Crippen molar-refractivity contribution >= 4 is 17.6 Å². The van der Waals surface area contributed by atoms with Crippen LogP contribution in [0, 0.1) is 17.3 Å². The summed E-state index contributed by atoms with van der Waals surface area (Å²) >= 11 is 0. The molecule has 4 aliphatic rings. The number of urea groups is 1. The van der Waals surface area contributed by atoms with E-state index in [1.54, 1.807) is 4.90 Å². The lowest BCUT2D eigenvalue weighted by Gasteiger charge is -2.57. The van der Waals surface area contributed by atoms with Crippen molar-refractivity contribution in [2.45, 2.75) is 52.1 Å². The minimum atomic E-state index is -4.43. The molecule has 6 rings (SSSR count). The molecule has 2 aromatic rings. The third kappa shape index (κ3) is 6.92. The van der Waals surface area contributed by atoms with Crippen molar-refractivity contribution in [1.29, 1.82) is 0 Å². The monoisotopic (exact) mass is 596 g/mol. The summed E-state index contributed by atoms with van der Waals surface area (Å²) in [4.78, 5) is 32.9. The molecule has 6 nitrogen and oxygen atoms in total. The van der Waals surface area contributed by atoms with Crippen LogP contribution in [-0.4, -0.2) is 72.5 Å². The second kappa shape index (κ2) is 12.7. The lowest BCUT2D eigenvalue weighted by molar-refractivity contribution is -0.137. The van der Waals surface area contributed by atoms with E-state index >= 15 is 0 Å². The third-order valence-electron chi connectivity index (χ3n) is 9.99. The maximum Gasteiger partial charge on any atom is 0.416 e. The van der Waals surface area contributed by atoms with Gasteiger partial charge < -0.3 is 15.1 Å². The molecule has 2 bridgehead atoms. The minimum Gasteiger partial charge on any atom is -0.340 e. The highest BCUT2D eigenvalue weighted by Gasteiger charge is 2.51. The molecule has 1 saturated carbocycles. The second-order valence-corrected chi connectivity index (χ2v) is 12.8. The van der Waals surface area contributed by atoms with Gasteiger partial charge in [-0.15, -0.1) is 0 Å². The van der Waals surface area contributed by atoms with E-state index in [1.807, 2.05) is 42.2 Å². The molecule has 1 N–H and O–H groups in total. The van der Waals surface area contributed by atoms with E-state index in [0.717, 1.165) is 50.0 Å². The first kappa shape index (κ1) is 31.1. The van der Waals surface area contributed by atoms with Crippen LogP contribution in [0.25, 0.3) is 0 Å². The fraction of sp³-hybridized carbons (Fsp3) is 0.529. The highest BCUT2D eigenvalue weighted by molar-refractivity contribution is 5.89. The first-order valence-corrected chi connectivity index (χ1v) is 15.5. The van der Waals surface area contributed by atoms with E-state index in [0.29, 0.717) is 50.2 Å². The predicted molar refractivity (Wildman–Crippen MR) is 163 cm³/mol. The molecule has 3 unspecified atom stereocenters. The van der Waals surface area contributed by atoms with Crippen molar-refractivity contribution in [1.82, 2.24) is 14.7 Å². The van der Waals surface area contributed by atoms with Crippen LogP contribution in [-0.2, 0) is 11.0 Å². The Kier molecular flexibility index (Phi) is 9.20. The van der Waals surface area contributed by atoms with Crippen molar-refractivity contribution in [3.63, 3.8) is 0 Å². The van der Waals surface area contributed by atoms with Crippen LogP contribution in [0.5, 0.6) is 0 Å². The summed E-state index contributed by atoms with van der Waals surface area (Å²) in [5.74, 6) is 1.15. The molecule has 1 saturated heterocycles. The van der Waals surface area contributed by atoms with E-state index in [-0.39, 0.29) is 23.3 Å². The number of hydrogen-bond donors (Lipinski definition) is 1. The molecule has 2 aromatic carbocycles. The minimum absolute atomic E-state index is 0.142. The lowest BCUT2D eigenvalue weighted by atomic mass is 9.49. The molecule has 3 amide bonds. The van der Waals surface area contributed by atoms with E-state index < -0.39 is 11.7 Å². The fourth-order valence-corrected chi connectivity index (χ4v) is 6.99. The van der Waals surface area contributed by atoms with Gasteiger partial charge in [0.2, 0.25) is 5.91 Å². The molecule has 2 fully saturated rings. The Labute approximate surface area is 252 Å². The summed E-state index contributed by atoms with van der Waals surface area (Å²) in [6.07, 6.45) is 0.767. The molecule has 0 aromatic heterocycles.